The van der Waals surface area contributed by atoms with E-state index in [1.54, 1.807) is 25.5 Å². The number of hydrogen-bond donors (Lipinski definition) is 2. The van der Waals surface area contributed by atoms with E-state index in [0.29, 0.717) is 43.7 Å². The molecule has 4 rings (SSSR count). The fraction of sp³-hybridized carbons (Fsp3) is 0.238. The van der Waals surface area contributed by atoms with Gasteiger partial charge < -0.3 is 19.7 Å². The first kappa shape index (κ1) is 25.2. The Morgan fingerprint density at radius 2 is 1.94 bits per heavy atom. The van der Waals surface area contributed by atoms with Crippen LogP contribution >= 0.6 is 45.2 Å². The van der Waals surface area contributed by atoms with Crippen LogP contribution in [0.15, 0.2) is 41.5 Å². The summed E-state index contributed by atoms with van der Waals surface area (Å²) in [5, 5.41) is 18.4. The smallest absolute Gasteiger partial charge is 0.271 e. The molecule has 0 spiro atoms. The van der Waals surface area contributed by atoms with E-state index in [1.165, 1.54) is 12.1 Å². The topological polar surface area (TPSA) is 140 Å². The molecule has 0 unspecified atom stereocenters. The fourth-order valence-electron chi connectivity index (χ4n) is 3.25. The van der Waals surface area contributed by atoms with Gasteiger partial charge in [0.25, 0.3) is 5.69 Å². The van der Waals surface area contributed by atoms with E-state index in [0.717, 1.165) is 12.7 Å². The second-order valence-corrected chi connectivity index (χ2v) is 9.60. The first-order valence-corrected chi connectivity index (χ1v) is 12.5. The number of anilines is 4. The number of nitrogens with zero attached hydrogens (tertiary/aromatic N) is 6. The van der Waals surface area contributed by atoms with Gasteiger partial charge in [-0.15, -0.1) is 0 Å². The highest BCUT2D eigenvalue weighted by atomic mass is 127. The standard InChI is InChI=1S/C21H20I2N8O4/c1-34-18-13(9-14(22)10-17(18)23)12-24-29-20-26-19(25-15-3-2-4-16(11-15)31(32)33)27-21(28-20)30-5-7-35-8-6-30/h2-4,9-12H,5-8H2,1H3,(H2,25,26,27,28,29)/b24-12-. The highest BCUT2D eigenvalue weighted by Gasteiger charge is 2.17. The second kappa shape index (κ2) is 11.7. The van der Waals surface area contributed by atoms with Crippen LogP contribution in [0.1, 0.15) is 5.56 Å². The molecule has 12 nitrogen and oxygen atoms in total. The number of rotatable bonds is 8. The Labute approximate surface area is 228 Å². The normalized spacial score (nSPS) is 13.6. The molecule has 1 aromatic heterocycles. The summed E-state index contributed by atoms with van der Waals surface area (Å²) in [4.78, 5) is 26.0. The number of methoxy groups -OCH3 is 1. The molecule has 0 radical (unpaired) electrons. The monoisotopic (exact) mass is 702 g/mol. The quantitative estimate of drug-likeness (QED) is 0.153. The highest BCUT2D eigenvalue weighted by Crippen LogP contribution is 2.27. The van der Waals surface area contributed by atoms with Crippen LogP contribution < -0.4 is 20.4 Å². The molecular weight excluding hydrogens is 682 g/mol. The number of nitro groups is 1. The molecule has 0 atom stereocenters. The predicted octanol–water partition coefficient (Wildman–Crippen LogP) is 4.02. The van der Waals surface area contributed by atoms with Gasteiger partial charge in [0.2, 0.25) is 17.8 Å². The SMILES string of the molecule is COc1c(I)cc(I)cc1/C=N\Nc1nc(Nc2cccc([N+](=O)[O-])c2)nc(N2CCOCC2)n1. The number of halogens is 2. The minimum Gasteiger partial charge on any atom is -0.495 e. The minimum absolute atomic E-state index is 0.0403. The second-order valence-electron chi connectivity index (χ2n) is 7.19. The van der Waals surface area contributed by atoms with Crippen molar-refractivity contribution >= 4 is 80.6 Å². The summed E-state index contributed by atoms with van der Waals surface area (Å²) >= 11 is 4.45. The molecular formula is C21H20I2N8O4. The van der Waals surface area contributed by atoms with Gasteiger partial charge in [0.1, 0.15) is 5.75 Å². The summed E-state index contributed by atoms with van der Waals surface area (Å²) in [6.45, 7) is 2.37. The van der Waals surface area contributed by atoms with E-state index < -0.39 is 4.92 Å². The largest absolute Gasteiger partial charge is 0.495 e. The van der Waals surface area contributed by atoms with Crippen LogP contribution in [0, 0.1) is 17.3 Å². The molecule has 14 heteroatoms. The number of nitrogens with one attached hydrogen (secondary N) is 2. The van der Waals surface area contributed by atoms with Crippen molar-refractivity contribution in [2.45, 2.75) is 0 Å². The van der Waals surface area contributed by atoms with E-state index in [4.69, 9.17) is 9.47 Å². The maximum atomic E-state index is 11.1. The maximum absolute atomic E-state index is 11.1. The van der Waals surface area contributed by atoms with Gasteiger partial charge in [-0.05, 0) is 63.4 Å². The number of aromatic nitrogens is 3. The minimum atomic E-state index is -0.459. The van der Waals surface area contributed by atoms with Crippen LogP contribution in [0.5, 0.6) is 5.75 Å². The molecule has 2 heterocycles. The summed E-state index contributed by atoms with van der Waals surface area (Å²) in [6.07, 6.45) is 1.63. The maximum Gasteiger partial charge on any atom is 0.271 e. The Morgan fingerprint density at radius 3 is 2.69 bits per heavy atom. The number of hydrogen-bond acceptors (Lipinski definition) is 11. The highest BCUT2D eigenvalue weighted by molar-refractivity contribution is 14.1. The molecule has 1 aliphatic heterocycles. The predicted molar refractivity (Wildman–Crippen MR) is 149 cm³/mol. The third-order valence-electron chi connectivity index (χ3n) is 4.84. The lowest BCUT2D eigenvalue weighted by atomic mass is 10.2. The summed E-state index contributed by atoms with van der Waals surface area (Å²) < 4.78 is 12.9. The van der Waals surface area contributed by atoms with Crippen LogP contribution in [0.3, 0.4) is 0 Å². The summed E-state index contributed by atoms with van der Waals surface area (Å²) in [7, 11) is 1.61. The zero-order valence-corrected chi connectivity index (χ0v) is 22.8. The molecule has 1 aliphatic rings. The van der Waals surface area contributed by atoms with E-state index >= 15 is 0 Å². The van der Waals surface area contributed by atoms with Crippen LogP contribution in [0.4, 0.5) is 29.2 Å². The van der Waals surface area contributed by atoms with Crippen molar-refractivity contribution in [1.29, 1.82) is 0 Å². The number of nitro benzene ring substituents is 1. The van der Waals surface area contributed by atoms with Crippen molar-refractivity contribution < 1.29 is 14.4 Å². The molecule has 0 bridgehead atoms. The van der Waals surface area contributed by atoms with Gasteiger partial charge in [0, 0.05) is 40.0 Å². The fourth-order valence-corrected chi connectivity index (χ4v) is 5.36. The van der Waals surface area contributed by atoms with Crippen molar-refractivity contribution in [1.82, 2.24) is 15.0 Å². The van der Waals surface area contributed by atoms with Gasteiger partial charge in [0.15, 0.2) is 0 Å². The third-order valence-corrected chi connectivity index (χ3v) is 6.26. The third kappa shape index (κ3) is 6.63. The molecule has 2 aromatic carbocycles. The van der Waals surface area contributed by atoms with E-state index in [1.807, 2.05) is 17.0 Å². The van der Waals surface area contributed by atoms with Crippen molar-refractivity contribution in [2.24, 2.45) is 5.10 Å². The number of non-ortho nitro benzene ring substituents is 1. The van der Waals surface area contributed by atoms with Gasteiger partial charge in [-0.25, -0.2) is 5.43 Å². The van der Waals surface area contributed by atoms with Gasteiger partial charge in [-0.2, -0.15) is 20.1 Å². The van der Waals surface area contributed by atoms with Crippen LogP contribution in [-0.2, 0) is 4.74 Å². The first-order valence-electron chi connectivity index (χ1n) is 10.4. The van der Waals surface area contributed by atoms with Gasteiger partial charge in [-0.1, -0.05) is 6.07 Å². The molecule has 35 heavy (non-hydrogen) atoms. The molecule has 0 amide bonds. The van der Waals surface area contributed by atoms with Gasteiger partial charge >= 0.3 is 0 Å². The Hall–Kier alpha value is -2.86. The van der Waals surface area contributed by atoms with Gasteiger partial charge in [0.05, 0.1) is 35.0 Å². The molecule has 3 aromatic rings. The van der Waals surface area contributed by atoms with Crippen molar-refractivity contribution in [3.8, 4) is 5.75 Å². The van der Waals surface area contributed by atoms with Crippen LogP contribution in [0.25, 0.3) is 0 Å². The average Bonchev–Trinajstić information content (AvgIpc) is 2.84. The van der Waals surface area contributed by atoms with E-state index in [2.05, 4.69) is 76.0 Å². The van der Waals surface area contributed by atoms with E-state index in [-0.39, 0.29) is 17.6 Å². The number of benzene rings is 2. The lowest BCUT2D eigenvalue weighted by Gasteiger charge is -2.27. The lowest BCUT2D eigenvalue weighted by Crippen LogP contribution is -2.37. The number of hydrazone groups is 1. The zero-order valence-electron chi connectivity index (χ0n) is 18.4. The summed E-state index contributed by atoms with van der Waals surface area (Å²) in [5.74, 6) is 1.59. The van der Waals surface area contributed by atoms with Crippen LogP contribution in [0.2, 0.25) is 0 Å². The Morgan fingerprint density at radius 1 is 1.17 bits per heavy atom. The average molecular weight is 702 g/mol. The van der Waals surface area contributed by atoms with Crippen molar-refractivity contribution in [3.63, 3.8) is 0 Å². The zero-order chi connectivity index (χ0) is 24.8. The Kier molecular flexibility index (Phi) is 8.45. The first-order chi connectivity index (χ1) is 16.9. The van der Waals surface area contributed by atoms with Crippen LogP contribution in [-0.4, -0.2) is 59.5 Å². The van der Waals surface area contributed by atoms with Crippen molar-refractivity contribution in [3.05, 3.63) is 59.2 Å². The molecule has 182 valence electrons. The number of ether oxygens (including phenoxy) is 2. The Bertz CT molecular complexity index is 1250. The molecule has 0 aliphatic carbocycles. The Balaban J connectivity index is 1.61. The van der Waals surface area contributed by atoms with Crippen molar-refractivity contribution in [2.75, 3.05) is 49.1 Å². The van der Waals surface area contributed by atoms with Gasteiger partial charge in [-0.3, -0.25) is 10.1 Å². The van der Waals surface area contributed by atoms with E-state index in [9.17, 15) is 10.1 Å². The molecule has 0 saturated carbocycles. The molecule has 1 saturated heterocycles. The molecule has 1 fully saturated rings. The number of morpholine rings is 1. The molecule has 2 N–H and O–H groups in total. The lowest BCUT2D eigenvalue weighted by molar-refractivity contribution is -0.384. The summed E-state index contributed by atoms with van der Waals surface area (Å²) in [6, 6.07) is 10.1. The summed E-state index contributed by atoms with van der Waals surface area (Å²) in [5.41, 5.74) is 4.10.